The van der Waals surface area contributed by atoms with Crippen LogP contribution in [0.5, 0.6) is 0 Å². The largest absolute Gasteiger partial charge is 0.348 e. The van der Waals surface area contributed by atoms with Gasteiger partial charge in [-0.1, -0.05) is 53.6 Å². The standard InChI is InChI=1S/C24H21ClN2O2/c1-16-5-4-6-19(13-16)24(29)27-12-11-18-10-9-17(14-22(18)27)15-26-23(28)20-7-2-3-8-21(20)25/h2-10,13-14H,11-12,15H2,1H3,(H,26,28). The van der Waals surface area contributed by atoms with Crippen molar-refractivity contribution in [2.75, 3.05) is 11.4 Å². The summed E-state index contributed by atoms with van der Waals surface area (Å²) >= 11 is 6.10. The first kappa shape index (κ1) is 19.2. The third-order valence-corrected chi connectivity index (χ3v) is 5.46. The van der Waals surface area contributed by atoms with Crippen molar-refractivity contribution < 1.29 is 9.59 Å². The molecule has 1 aliphatic heterocycles. The van der Waals surface area contributed by atoms with E-state index in [-0.39, 0.29) is 11.8 Å². The Balaban J connectivity index is 1.51. The van der Waals surface area contributed by atoms with Crippen LogP contribution >= 0.6 is 11.6 Å². The normalized spacial score (nSPS) is 12.6. The predicted octanol–water partition coefficient (Wildman–Crippen LogP) is 4.78. The molecule has 3 aromatic rings. The van der Waals surface area contributed by atoms with Crippen LogP contribution in [0.25, 0.3) is 0 Å². The second kappa shape index (κ2) is 8.10. The van der Waals surface area contributed by atoms with E-state index < -0.39 is 0 Å². The summed E-state index contributed by atoms with van der Waals surface area (Å²) in [6.07, 6.45) is 0.832. The van der Waals surface area contributed by atoms with Crippen LogP contribution in [0.3, 0.4) is 0 Å². The van der Waals surface area contributed by atoms with E-state index in [1.54, 1.807) is 24.3 Å². The molecule has 1 heterocycles. The second-order valence-electron chi connectivity index (χ2n) is 7.20. The molecule has 0 radical (unpaired) electrons. The molecule has 0 spiro atoms. The average molecular weight is 405 g/mol. The van der Waals surface area contributed by atoms with Gasteiger partial charge in [0.25, 0.3) is 11.8 Å². The van der Waals surface area contributed by atoms with Gasteiger partial charge in [-0.3, -0.25) is 9.59 Å². The van der Waals surface area contributed by atoms with Gasteiger partial charge in [0, 0.05) is 24.3 Å². The lowest BCUT2D eigenvalue weighted by Gasteiger charge is -2.18. The van der Waals surface area contributed by atoms with E-state index in [0.29, 0.717) is 29.2 Å². The molecule has 3 aromatic carbocycles. The van der Waals surface area contributed by atoms with Gasteiger partial charge >= 0.3 is 0 Å². The molecule has 2 amide bonds. The summed E-state index contributed by atoms with van der Waals surface area (Å²) in [7, 11) is 0. The van der Waals surface area contributed by atoms with Gasteiger partial charge < -0.3 is 10.2 Å². The molecule has 146 valence electrons. The van der Waals surface area contributed by atoms with Crippen molar-refractivity contribution in [2.45, 2.75) is 19.9 Å². The summed E-state index contributed by atoms with van der Waals surface area (Å²) in [4.78, 5) is 27.2. The minimum atomic E-state index is -0.219. The molecule has 0 saturated carbocycles. The van der Waals surface area contributed by atoms with Gasteiger partial charge in [-0.15, -0.1) is 0 Å². The van der Waals surface area contributed by atoms with Gasteiger partial charge in [-0.2, -0.15) is 0 Å². The van der Waals surface area contributed by atoms with Gasteiger partial charge in [-0.05, 0) is 54.8 Å². The molecule has 1 N–H and O–H groups in total. The Morgan fingerprint density at radius 3 is 2.66 bits per heavy atom. The average Bonchev–Trinajstić information content (AvgIpc) is 3.15. The maximum absolute atomic E-state index is 13.0. The molecular weight excluding hydrogens is 384 g/mol. The molecule has 0 aromatic heterocycles. The number of aryl methyl sites for hydroxylation is 1. The van der Waals surface area contributed by atoms with E-state index in [0.717, 1.165) is 28.8 Å². The minimum Gasteiger partial charge on any atom is -0.348 e. The van der Waals surface area contributed by atoms with Gasteiger partial charge in [0.15, 0.2) is 0 Å². The third-order valence-electron chi connectivity index (χ3n) is 5.13. The summed E-state index contributed by atoms with van der Waals surface area (Å²) in [5.74, 6) is -0.214. The van der Waals surface area contributed by atoms with Gasteiger partial charge in [0.1, 0.15) is 0 Å². The molecule has 0 saturated heterocycles. The summed E-state index contributed by atoms with van der Waals surface area (Å²) in [5, 5.41) is 3.33. The summed E-state index contributed by atoms with van der Waals surface area (Å²) in [6.45, 7) is 3.01. The number of anilines is 1. The fraction of sp³-hybridized carbons (Fsp3) is 0.167. The first-order valence-corrected chi connectivity index (χ1v) is 9.94. The van der Waals surface area contributed by atoms with Crippen LogP contribution in [-0.4, -0.2) is 18.4 Å². The summed E-state index contributed by atoms with van der Waals surface area (Å²) in [5.41, 5.74) is 5.20. The molecule has 1 aliphatic rings. The number of amides is 2. The lowest BCUT2D eigenvalue weighted by atomic mass is 10.1. The van der Waals surface area contributed by atoms with Crippen molar-refractivity contribution in [1.82, 2.24) is 5.32 Å². The van der Waals surface area contributed by atoms with Crippen LogP contribution in [0.2, 0.25) is 5.02 Å². The number of benzene rings is 3. The Hall–Kier alpha value is -3.11. The Labute approximate surface area is 175 Å². The number of hydrogen-bond donors (Lipinski definition) is 1. The van der Waals surface area contributed by atoms with Crippen molar-refractivity contribution >= 4 is 29.1 Å². The molecule has 5 heteroatoms. The van der Waals surface area contributed by atoms with E-state index in [1.807, 2.05) is 54.3 Å². The molecule has 0 aliphatic carbocycles. The van der Waals surface area contributed by atoms with Crippen molar-refractivity contribution in [3.05, 3.63) is 99.6 Å². The molecule has 4 nitrogen and oxygen atoms in total. The lowest BCUT2D eigenvalue weighted by Crippen LogP contribution is -2.29. The van der Waals surface area contributed by atoms with E-state index in [9.17, 15) is 9.59 Å². The fourth-order valence-corrected chi connectivity index (χ4v) is 3.82. The third kappa shape index (κ3) is 4.03. The topological polar surface area (TPSA) is 49.4 Å². The van der Waals surface area contributed by atoms with E-state index >= 15 is 0 Å². The van der Waals surface area contributed by atoms with Crippen molar-refractivity contribution in [3.8, 4) is 0 Å². The molecule has 0 fully saturated rings. The Morgan fingerprint density at radius 2 is 1.86 bits per heavy atom. The maximum atomic E-state index is 13.0. The summed E-state index contributed by atoms with van der Waals surface area (Å²) < 4.78 is 0. The Bertz CT molecular complexity index is 1090. The Kier molecular flexibility index (Phi) is 5.36. The molecule has 0 atom stereocenters. The first-order valence-electron chi connectivity index (χ1n) is 9.56. The quantitative estimate of drug-likeness (QED) is 0.680. The van der Waals surface area contributed by atoms with Crippen LogP contribution in [0.15, 0.2) is 66.7 Å². The van der Waals surface area contributed by atoms with Crippen molar-refractivity contribution in [1.29, 1.82) is 0 Å². The molecule has 0 unspecified atom stereocenters. The van der Waals surface area contributed by atoms with Crippen molar-refractivity contribution in [3.63, 3.8) is 0 Å². The highest BCUT2D eigenvalue weighted by molar-refractivity contribution is 6.33. The zero-order valence-electron chi connectivity index (χ0n) is 16.1. The van der Waals surface area contributed by atoms with Crippen LogP contribution in [0, 0.1) is 6.92 Å². The van der Waals surface area contributed by atoms with E-state index in [2.05, 4.69) is 5.32 Å². The minimum absolute atomic E-state index is 0.00435. The Morgan fingerprint density at radius 1 is 1.03 bits per heavy atom. The molecule has 0 bridgehead atoms. The van der Waals surface area contributed by atoms with Crippen LogP contribution in [-0.2, 0) is 13.0 Å². The first-order chi connectivity index (χ1) is 14.0. The monoisotopic (exact) mass is 404 g/mol. The van der Waals surface area contributed by atoms with Crippen LogP contribution in [0.1, 0.15) is 37.4 Å². The number of nitrogens with zero attached hydrogens (tertiary/aromatic N) is 1. The number of fused-ring (bicyclic) bond motifs is 1. The van der Waals surface area contributed by atoms with Gasteiger partial charge in [-0.25, -0.2) is 0 Å². The zero-order chi connectivity index (χ0) is 20.4. The highest BCUT2D eigenvalue weighted by Crippen LogP contribution is 2.30. The maximum Gasteiger partial charge on any atom is 0.258 e. The molecular formula is C24H21ClN2O2. The number of carbonyl (C=O) groups is 2. The summed E-state index contributed by atoms with van der Waals surface area (Å²) in [6, 6.07) is 20.6. The van der Waals surface area contributed by atoms with E-state index in [1.165, 1.54) is 0 Å². The number of hydrogen-bond acceptors (Lipinski definition) is 2. The van der Waals surface area contributed by atoms with E-state index in [4.69, 9.17) is 11.6 Å². The number of carbonyl (C=O) groups excluding carboxylic acids is 2. The van der Waals surface area contributed by atoms with Crippen LogP contribution in [0.4, 0.5) is 5.69 Å². The smallest absolute Gasteiger partial charge is 0.258 e. The molecule has 29 heavy (non-hydrogen) atoms. The SMILES string of the molecule is Cc1cccc(C(=O)N2CCc3ccc(CNC(=O)c4ccccc4Cl)cc32)c1. The highest BCUT2D eigenvalue weighted by Gasteiger charge is 2.26. The number of nitrogens with one attached hydrogen (secondary N) is 1. The predicted molar refractivity (Wildman–Crippen MR) is 116 cm³/mol. The second-order valence-corrected chi connectivity index (χ2v) is 7.61. The van der Waals surface area contributed by atoms with Crippen molar-refractivity contribution in [2.24, 2.45) is 0 Å². The highest BCUT2D eigenvalue weighted by atomic mass is 35.5. The zero-order valence-corrected chi connectivity index (χ0v) is 16.9. The van der Waals surface area contributed by atoms with Gasteiger partial charge in [0.05, 0.1) is 10.6 Å². The number of halogens is 1. The lowest BCUT2D eigenvalue weighted by molar-refractivity contribution is 0.0949. The molecule has 4 rings (SSSR count). The van der Waals surface area contributed by atoms with Gasteiger partial charge in [0.2, 0.25) is 0 Å². The van der Waals surface area contributed by atoms with Crippen LogP contribution < -0.4 is 10.2 Å². The number of rotatable bonds is 4. The fourth-order valence-electron chi connectivity index (χ4n) is 3.60.